The molecule has 0 heterocycles. The summed E-state index contributed by atoms with van der Waals surface area (Å²) < 4.78 is 26.5. The van der Waals surface area contributed by atoms with Gasteiger partial charge in [0.2, 0.25) is 21.8 Å². The zero-order valence-electron chi connectivity index (χ0n) is 21.6. The fraction of sp³-hybridized carbons (Fsp3) is 0.462. The molecule has 0 unspecified atom stereocenters. The number of hydrogen-bond donors (Lipinski definition) is 1. The second-order valence-electron chi connectivity index (χ2n) is 9.33. The van der Waals surface area contributed by atoms with Gasteiger partial charge in [-0.25, -0.2) is 8.42 Å². The van der Waals surface area contributed by atoms with Gasteiger partial charge in [0, 0.05) is 35.6 Å². The predicted octanol–water partition coefficient (Wildman–Crippen LogP) is 5.10. The first kappa shape index (κ1) is 29.9. The van der Waals surface area contributed by atoms with E-state index in [2.05, 4.69) is 5.32 Å². The van der Waals surface area contributed by atoms with Crippen LogP contribution in [0.4, 0.5) is 5.69 Å². The molecule has 0 saturated carbocycles. The number of halogens is 2. The lowest BCUT2D eigenvalue weighted by Gasteiger charge is -2.30. The van der Waals surface area contributed by atoms with E-state index in [4.69, 9.17) is 23.2 Å². The van der Waals surface area contributed by atoms with Crippen molar-refractivity contribution in [1.82, 2.24) is 10.2 Å². The first-order valence-electron chi connectivity index (χ1n) is 11.8. The molecule has 2 rings (SSSR count). The molecule has 0 spiro atoms. The standard InChI is InChI=1S/C26H35Cl2N3O4S/c1-17(2)29-26(33)20(5)30(16-21-11-12-22(27)15-23(21)28)25(32)8-7-13-31(36(6,34)35)24-14-18(3)9-10-19(24)4/h9-12,14-15,17,20H,7-8,13,16H2,1-6H3,(H,29,33)/t20-/m0/s1. The third-order valence-corrected chi connectivity index (χ3v) is 7.51. The molecule has 7 nitrogen and oxygen atoms in total. The molecule has 0 aliphatic carbocycles. The van der Waals surface area contributed by atoms with E-state index in [-0.39, 0.29) is 43.8 Å². The highest BCUT2D eigenvalue weighted by atomic mass is 35.5. The normalized spacial score (nSPS) is 12.4. The number of rotatable bonds is 11. The van der Waals surface area contributed by atoms with Crippen molar-refractivity contribution in [3.8, 4) is 0 Å². The van der Waals surface area contributed by atoms with Crippen LogP contribution in [0, 0.1) is 13.8 Å². The van der Waals surface area contributed by atoms with Crippen LogP contribution in [-0.4, -0.2) is 50.0 Å². The molecule has 0 aliphatic heterocycles. The molecule has 0 radical (unpaired) electrons. The molecule has 2 aromatic carbocycles. The van der Waals surface area contributed by atoms with Crippen LogP contribution >= 0.6 is 23.2 Å². The third-order valence-electron chi connectivity index (χ3n) is 5.74. The summed E-state index contributed by atoms with van der Waals surface area (Å²) in [5.41, 5.74) is 3.03. The van der Waals surface area contributed by atoms with Gasteiger partial charge in [-0.15, -0.1) is 0 Å². The van der Waals surface area contributed by atoms with Crippen molar-refractivity contribution >= 4 is 50.7 Å². The summed E-state index contributed by atoms with van der Waals surface area (Å²) in [7, 11) is -3.56. The predicted molar refractivity (Wildman–Crippen MR) is 147 cm³/mol. The zero-order valence-corrected chi connectivity index (χ0v) is 24.0. The third kappa shape index (κ3) is 8.39. The molecule has 2 aromatic rings. The average Bonchev–Trinajstić information content (AvgIpc) is 2.76. The second-order valence-corrected chi connectivity index (χ2v) is 12.1. The Bertz CT molecular complexity index is 1200. The van der Waals surface area contributed by atoms with Gasteiger partial charge in [0.15, 0.2) is 0 Å². The fourth-order valence-electron chi connectivity index (χ4n) is 3.79. The Morgan fingerprint density at radius 3 is 2.28 bits per heavy atom. The summed E-state index contributed by atoms with van der Waals surface area (Å²) in [4.78, 5) is 27.6. The van der Waals surface area contributed by atoms with Crippen LogP contribution in [0.5, 0.6) is 0 Å². The minimum absolute atomic E-state index is 0.0569. The van der Waals surface area contributed by atoms with E-state index >= 15 is 0 Å². The lowest BCUT2D eigenvalue weighted by Crippen LogP contribution is -2.49. The summed E-state index contributed by atoms with van der Waals surface area (Å²) in [6.45, 7) is 9.37. The van der Waals surface area contributed by atoms with Crippen molar-refractivity contribution in [2.75, 3.05) is 17.1 Å². The van der Waals surface area contributed by atoms with E-state index in [9.17, 15) is 18.0 Å². The van der Waals surface area contributed by atoms with Crippen LogP contribution in [-0.2, 0) is 26.2 Å². The van der Waals surface area contributed by atoms with Crippen LogP contribution in [0.25, 0.3) is 0 Å². The van der Waals surface area contributed by atoms with E-state index in [1.165, 1.54) is 9.21 Å². The number of benzene rings is 2. The molecule has 2 amide bonds. The van der Waals surface area contributed by atoms with Crippen molar-refractivity contribution in [1.29, 1.82) is 0 Å². The van der Waals surface area contributed by atoms with Crippen molar-refractivity contribution in [3.05, 3.63) is 63.1 Å². The Balaban J connectivity index is 2.24. The topological polar surface area (TPSA) is 86.8 Å². The summed E-state index contributed by atoms with van der Waals surface area (Å²) in [6, 6.07) is 9.78. The van der Waals surface area contributed by atoms with Crippen molar-refractivity contribution < 1.29 is 18.0 Å². The van der Waals surface area contributed by atoms with Gasteiger partial charge in [0.25, 0.3) is 0 Å². The lowest BCUT2D eigenvalue weighted by molar-refractivity contribution is -0.140. The second kappa shape index (κ2) is 12.8. The maximum Gasteiger partial charge on any atom is 0.242 e. The van der Waals surface area contributed by atoms with Gasteiger partial charge in [-0.2, -0.15) is 0 Å². The van der Waals surface area contributed by atoms with Crippen LogP contribution in [0.3, 0.4) is 0 Å². The zero-order chi connectivity index (χ0) is 27.2. The number of aryl methyl sites for hydroxylation is 2. The van der Waals surface area contributed by atoms with Crippen molar-refractivity contribution in [2.24, 2.45) is 0 Å². The molecule has 1 N–H and O–H groups in total. The summed E-state index contributed by atoms with van der Waals surface area (Å²) >= 11 is 12.4. The van der Waals surface area contributed by atoms with Gasteiger partial charge in [0.1, 0.15) is 6.04 Å². The monoisotopic (exact) mass is 555 g/mol. The van der Waals surface area contributed by atoms with Crippen LogP contribution < -0.4 is 9.62 Å². The van der Waals surface area contributed by atoms with Crippen LogP contribution in [0.15, 0.2) is 36.4 Å². The molecule has 0 saturated heterocycles. The number of nitrogens with zero attached hydrogens (tertiary/aromatic N) is 2. The average molecular weight is 557 g/mol. The van der Waals surface area contributed by atoms with Gasteiger partial charge in [0.05, 0.1) is 11.9 Å². The number of carbonyl (C=O) groups is 2. The van der Waals surface area contributed by atoms with Gasteiger partial charge in [-0.05, 0) is 75.9 Å². The Hall–Kier alpha value is -2.29. The summed E-state index contributed by atoms with van der Waals surface area (Å²) in [5.74, 6) is -0.557. The molecule has 1 atom stereocenters. The highest BCUT2D eigenvalue weighted by Gasteiger charge is 2.27. The SMILES string of the molecule is Cc1ccc(C)c(N(CCCC(=O)N(Cc2ccc(Cl)cc2Cl)[C@@H](C)C(=O)NC(C)C)S(C)(=O)=O)c1. The van der Waals surface area contributed by atoms with Crippen molar-refractivity contribution in [2.45, 2.75) is 66.1 Å². The Kier molecular flexibility index (Phi) is 10.6. The number of anilines is 1. The van der Waals surface area contributed by atoms with E-state index in [0.29, 0.717) is 21.3 Å². The molecule has 198 valence electrons. The molecule has 10 heteroatoms. The van der Waals surface area contributed by atoms with Crippen molar-refractivity contribution in [3.63, 3.8) is 0 Å². The molecule has 36 heavy (non-hydrogen) atoms. The molecular formula is C26H35Cl2N3O4S. The number of sulfonamides is 1. The first-order chi connectivity index (χ1) is 16.7. The van der Waals surface area contributed by atoms with E-state index < -0.39 is 16.1 Å². The molecule has 0 bridgehead atoms. The van der Waals surface area contributed by atoms with E-state index in [0.717, 1.165) is 17.4 Å². The van der Waals surface area contributed by atoms with Gasteiger partial charge in [-0.3, -0.25) is 13.9 Å². The van der Waals surface area contributed by atoms with E-state index in [1.54, 1.807) is 25.1 Å². The summed E-state index contributed by atoms with van der Waals surface area (Å²) in [6.07, 6.45) is 1.49. The minimum Gasteiger partial charge on any atom is -0.352 e. The smallest absolute Gasteiger partial charge is 0.242 e. The number of hydrogen-bond acceptors (Lipinski definition) is 4. The highest BCUT2D eigenvalue weighted by Crippen LogP contribution is 2.26. The Morgan fingerprint density at radius 2 is 1.69 bits per heavy atom. The molecule has 0 fully saturated rings. The quantitative estimate of drug-likeness (QED) is 0.418. The minimum atomic E-state index is -3.56. The maximum absolute atomic E-state index is 13.4. The van der Waals surface area contributed by atoms with Gasteiger partial charge >= 0.3 is 0 Å². The van der Waals surface area contributed by atoms with Gasteiger partial charge in [-0.1, -0.05) is 41.4 Å². The first-order valence-corrected chi connectivity index (χ1v) is 14.4. The Morgan fingerprint density at radius 1 is 1.03 bits per heavy atom. The largest absolute Gasteiger partial charge is 0.352 e. The fourth-order valence-corrected chi connectivity index (χ4v) is 5.27. The van der Waals surface area contributed by atoms with E-state index in [1.807, 2.05) is 45.9 Å². The van der Waals surface area contributed by atoms with Gasteiger partial charge < -0.3 is 10.2 Å². The molecular weight excluding hydrogens is 521 g/mol. The number of carbonyl (C=O) groups excluding carboxylic acids is 2. The summed E-state index contributed by atoms with van der Waals surface area (Å²) in [5, 5.41) is 3.71. The number of amides is 2. The lowest BCUT2D eigenvalue weighted by atomic mass is 10.1. The van der Waals surface area contributed by atoms with Crippen LogP contribution in [0.1, 0.15) is 50.3 Å². The molecule has 0 aromatic heterocycles. The molecule has 0 aliphatic rings. The number of nitrogens with one attached hydrogen (secondary N) is 1. The van der Waals surface area contributed by atoms with Crippen LogP contribution in [0.2, 0.25) is 10.0 Å². The maximum atomic E-state index is 13.4. The Labute approximate surface area is 224 Å². The highest BCUT2D eigenvalue weighted by molar-refractivity contribution is 7.92.